The molecule has 0 bridgehead atoms. The predicted molar refractivity (Wildman–Crippen MR) is 119 cm³/mol. The van der Waals surface area contributed by atoms with Gasteiger partial charge in [-0.3, -0.25) is 4.79 Å². The van der Waals surface area contributed by atoms with Crippen LogP contribution in [-0.4, -0.2) is 20.8 Å². The largest absolute Gasteiger partial charge is 0.392 e. The van der Waals surface area contributed by atoms with E-state index in [1.165, 1.54) is 5.56 Å². The molecule has 5 heteroatoms. The Bertz CT molecular complexity index is 1150. The summed E-state index contributed by atoms with van der Waals surface area (Å²) in [6.07, 6.45) is 2.71. The highest BCUT2D eigenvalue weighted by atomic mass is 16.3. The van der Waals surface area contributed by atoms with Crippen molar-refractivity contribution < 1.29 is 9.90 Å². The molecule has 0 saturated carbocycles. The van der Waals surface area contributed by atoms with E-state index < -0.39 is 0 Å². The van der Waals surface area contributed by atoms with Crippen molar-refractivity contribution in [3.05, 3.63) is 102 Å². The van der Waals surface area contributed by atoms with Crippen molar-refractivity contribution in [1.82, 2.24) is 9.78 Å². The fraction of sp³-hybridized carbons (Fsp3) is 0.120. The van der Waals surface area contributed by atoms with E-state index in [-0.39, 0.29) is 12.5 Å². The van der Waals surface area contributed by atoms with Crippen LogP contribution < -0.4 is 5.32 Å². The van der Waals surface area contributed by atoms with E-state index in [1.807, 2.05) is 48.5 Å². The molecule has 150 valence electrons. The van der Waals surface area contributed by atoms with Crippen LogP contribution in [0.25, 0.3) is 16.9 Å². The molecule has 1 aromatic heterocycles. The standard InChI is InChI=1S/C25H23N3O2/c1-2-18-11-13-20(14-12-18)24-23(16-28(27-24)22-9-4-3-5-10-22)25(30)26-21-8-6-7-19(15-21)17-29/h3-16,29H,2,17H2,1H3,(H,26,30). The fourth-order valence-electron chi connectivity index (χ4n) is 3.31. The molecule has 1 amide bonds. The average molecular weight is 397 g/mol. The topological polar surface area (TPSA) is 67.2 Å². The van der Waals surface area contributed by atoms with Gasteiger partial charge in [-0.15, -0.1) is 0 Å². The van der Waals surface area contributed by atoms with E-state index in [4.69, 9.17) is 5.10 Å². The molecule has 0 radical (unpaired) electrons. The van der Waals surface area contributed by atoms with Crippen molar-refractivity contribution in [3.63, 3.8) is 0 Å². The summed E-state index contributed by atoms with van der Waals surface area (Å²) in [5.41, 5.74) is 5.47. The Morgan fingerprint density at radius 1 is 0.967 bits per heavy atom. The van der Waals surface area contributed by atoms with Crippen LogP contribution in [0.5, 0.6) is 0 Å². The molecule has 0 fully saturated rings. The number of anilines is 1. The molecule has 5 nitrogen and oxygen atoms in total. The van der Waals surface area contributed by atoms with Crippen LogP contribution in [0.4, 0.5) is 5.69 Å². The normalized spacial score (nSPS) is 10.7. The molecule has 2 N–H and O–H groups in total. The van der Waals surface area contributed by atoms with Gasteiger partial charge in [0.1, 0.15) is 5.69 Å². The average Bonchev–Trinajstić information content (AvgIpc) is 3.25. The molecule has 0 unspecified atom stereocenters. The van der Waals surface area contributed by atoms with E-state index in [0.717, 1.165) is 23.2 Å². The van der Waals surface area contributed by atoms with Crippen molar-refractivity contribution in [2.75, 3.05) is 5.32 Å². The lowest BCUT2D eigenvalue weighted by atomic mass is 10.0. The number of aliphatic hydroxyl groups excluding tert-OH is 1. The molecular formula is C25H23N3O2. The van der Waals surface area contributed by atoms with E-state index in [9.17, 15) is 9.90 Å². The number of carbonyl (C=O) groups excluding carboxylic acids is 1. The molecule has 0 aliphatic carbocycles. The third-order valence-electron chi connectivity index (χ3n) is 4.98. The Morgan fingerprint density at radius 3 is 2.43 bits per heavy atom. The zero-order valence-corrected chi connectivity index (χ0v) is 16.7. The summed E-state index contributed by atoms with van der Waals surface area (Å²) in [6.45, 7) is 2.03. The lowest BCUT2D eigenvalue weighted by Gasteiger charge is -2.07. The first kappa shape index (κ1) is 19.6. The first-order valence-electron chi connectivity index (χ1n) is 9.93. The monoisotopic (exact) mass is 397 g/mol. The smallest absolute Gasteiger partial charge is 0.259 e. The second kappa shape index (κ2) is 8.76. The minimum atomic E-state index is -0.248. The number of para-hydroxylation sites is 1. The van der Waals surface area contributed by atoms with Crippen LogP contribution in [0, 0.1) is 0 Å². The van der Waals surface area contributed by atoms with Crippen LogP contribution in [0.1, 0.15) is 28.4 Å². The highest BCUT2D eigenvalue weighted by molar-refractivity contribution is 6.08. The van der Waals surface area contributed by atoms with Gasteiger partial charge in [-0.05, 0) is 41.8 Å². The third kappa shape index (κ3) is 4.16. The molecule has 0 saturated heterocycles. The molecule has 0 aliphatic rings. The number of nitrogens with zero attached hydrogens (tertiary/aromatic N) is 2. The molecule has 0 spiro atoms. The maximum absolute atomic E-state index is 13.1. The lowest BCUT2D eigenvalue weighted by Crippen LogP contribution is -2.12. The van der Waals surface area contributed by atoms with Crippen molar-refractivity contribution in [2.24, 2.45) is 0 Å². The fourth-order valence-corrected chi connectivity index (χ4v) is 3.31. The first-order chi connectivity index (χ1) is 14.7. The molecule has 0 atom stereocenters. The number of rotatable bonds is 6. The van der Waals surface area contributed by atoms with Gasteiger partial charge in [0.15, 0.2) is 0 Å². The van der Waals surface area contributed by atoms with Gasteiger partial charge < -0.3 is 10.4 Å². The highest BCUT2D eigenvalue weighted by Crippen LogP contribution is 2.25. The van der Waals surface area contributed by atoms with Crippen LogP contribution in [0.15, 0.2) is 85.1 Å². The molecule has 0 aliphatic heterocycles. The van der Waals surface area contributed by atoms with E-state index >= 15 is 0 Å². The van der Waals surface area contributed by atoms with Crippen molar-refractivity contribution in [2.45, 2.75) is 20.0 Å². The maximum Gasteiger partial charge on any atom is 0.259 e. The summed E-state index contributed by atoms with van der Waals surface area (Å²) in [6, 6.07) is 25.0. The number of nitrogens with one attached hydrogen (secondary N) is 1. The molecule has 3 aromatic carbocycles. The van der Waals surface area contributed by atoms with Crippen LogP contribution in [-0.2, 0) is 13.0 Å². The van der Waals surface area contributed by atoms with E-state index in [0.29, 0.717) is 16.9 Å². The summed E-state index contributed by atoms with van der Waals surface area (Å²) < 4.78 is 1.72. The number of hydrogen-bond donors (Lipinski definition) is 2. The molecule has 30 heavy (non-hydrogen) atoms. The highest BCUT2D eigenvalue weighted by Gasteiger charge is 2.19. The Balaban J connectivity index is 1.74. The first-order valence-corrected chi connectivity index (χ1v) is 9.93. The van der Waals surface area contributed by atoms with Gasteiger partial charge in [0.2, 0.25) is 0 Å². The Labute approximate surface area is 175 Å². The Morgan fingerprint density at radius 2 is 1.73 bits per heavy atom. The van der Waals surface area contributed by atoms with Gasteiger partial charge in [-0.1, -0.05) is 61.5 Å². The van der Waals surface area contributed by atoms with E-state index in [2.05, 4.69) is 24.4 Å². The summed E-state index contributed by atoms with van der Waals surface area (Å²) in [7, 11) is 0. The second-order valence-corrected chi connectivity index (χ2v) is 7.03. The number of amides is 1. The predicted octanol–water partition coefficient (Wildman–Crippen LogP) is 4.85. The molecule has 4 rings (SSSR count). The van der Waals surface area contributed by atoms with Gasteiger partial charge in [0.25, 0.3) is 5.91 Å². The molecular weight excluding hydrogens is 374 g/mol. The van der Waals surface area contributed by atoms with Gasteiger partial charge >= 0.3 is 0 Å². The number of carbonyl (C=O) groups is 1. The SMILES string of the molecule is CCc1ccc(-c2nn(-c3ccccc3)cc2C(=O)Nc2cccc(CO)c2)cc1. The summed E-state index contributed by atoms with van der Waals surface area (Å²) in [5, 5.41) is 17.0. The van der Waals surface area contributed by atoms with Gasteiger partial charge in [0.05, 0.1) is 17.9 Å². The quantitative estimate of drug-likeness (QED) is 0.489. The Kier molecular flexibility index (Phi) is 5.72. The summed E-state index contributed by atoms with van der Waals surface area (Å²) in [5.74, 6) is -0.248. The lowest BCUT2D eigenvalue weighted by molar-refractivity contribution is 0.102. The zero-order valence-electron chi connectivity index (χ0n) is 16.7. The van der Waals surface area contributed by atoms with Gasteiger partial charge in [-0.2, -0.15) is 5.10 Å². The minimum absolute atomic E-state index is 0.0787. The van der Waals surface area contributed by atoms with Crippen LogP contribution in [0.3, 0.4) is 0 Å². The number of hydrogen-bond acceptors (Lipinski definition) is 3. The molecule has 1 heterocycles. The minimum Gasteiger partial charge on any atom is -0.392 e. The maximum atomic E-state index is 13.1. The van der Waals surface area contributed by atoms with E-state index in [1.54, 1.807) is 29.1 Å². The second-order valence-electron chi connectivity index (χ2n) is 7.03. The number of benzene rings is 3. The van der Waals surface area contributed by atoms with Gasteiger partial charge in [0, 0.05) is 17.4 Å². The van der Waals surface area contributed by atoms with Crippen molar-refractivity contribution in [3.8, 4) is 16.9 Å². The zero-order chi connectivity index (χ0) is 20.9. The van der Waals surface area contributed by atoms with Crippen molar-refractivity contribution in [1.29, 1.82) is 0 Å². The van der Waals surface area contributed by atoms with Crippen molar-refractivity contribution >= 4 is 11.6 Å². The summed E-state index contributed by atoms with van der Waals surface area (Å²) >= 11 is 0. The van der Waals surface area contributed by atoms with Crippen LogP contribution in [0.2, 0.25) is 0 Å². The summed E-state index contributed by atoms with van der Waals surface area (Å²) in [4.78, 5) is 13.1. The van der Waals surface area contributed by atoms with Gasteiger partial charge in [-0.25, -0.2) is 4.68 Å². The number of aryl methyl sites for hydroxylation is 1. The number of aliphatic hydroxyl groups is 1. The Hall–Kier alpha value is -3.70. The number of aromatic nitrogens is 2. The van der Waals surface area contributed by atoms with Crippen LogP contribution >= 0.6 is 0 Å². The molecule has 4 aromatic rings. The third-order valence-corrected chi connectivity index (χ3v) is 4.98.